The standard InChI is InChI=1S/C29H30BrN3O4/c1-4-26(32(17-8-18-36-2)28(34)20-9-7-10-21(30)19-20)27-31-25-12-6-5-11-24(25)29(35)33(27)22-13-15-23(37-3)16-14-22/h5-7,9-16,19,26H,4,8,17-18H2,1-3H3. The SMILES string of the molecule is CCC(c1nc2ccccc2c(=O)n1-c1ccc(OC)cc1)N(CCCOC)C(=O)c1cccc(Br)c1. The number of para-hydroxylation sites is 1. The third-order valence-corrected chi connectivity index (χ3v) is 6.77. The summed E-state index contributed by atoms with van der Waals surface area (Å²) in [5.41, 5.74) is 1.63. The van der Waals surface area contributed by atoms with Crippen LogP contribution in [-0.2, 0) is 4.74 Å². The zero-order valence-electron chi connectivity index (χ0n) is 21.2. The van der Waals surface area contributed by atoms with E-state index in [1.54, 1.807) is 35.8 Å². The van der Waals surface area contributed by atoms with Gasteiger partial charge in [0.25, 0.3) is 11.5 Å². The minimum absolute atomic E-state index is 0.132. The Morgan fingerprint density at radius 1 is 1.05 bits per heavy atom. The summed E-state index contributed by atoms with van der Waals surface area (Å²) < 4.78 is 13.0. The first-order chi connectivity index (χ1) is 18.0. The average Bonchev–Trinajstić information content (AvgIpc) is 2.92. The molecule has 1 heterocycles. The molecular weight excluding hydrogens is 534 g/mol. The maximum absolute atomic E-state index is 13.9. The number of rotatable bonds is 10. The van der Waals surface area contributed by atoms with Gasteiger partial charge in [0, 0.05) is 30.3 Å². The summed E-state index contributed by atoms with van der Waals surface area (Å²) in [6, 6.07) is 21.5. The quantitative estimate of drug-likeness (QED) is 0.228. The van der Waals surface area contributed by atoms with Crippen LogP contribution in [0.4, 0.5) is 0 Å². The molecule has 1 amide bonds. The van der Waals surface area contributed by atoms with Crippen LogP contribution in [0.2, 0.25) is 0 Å². The molecule has 0 aliphatic heterocycles. The summed E-state index contributed by atoms with van der Waals surface area (Å²) in [7, 11) is 3.24. The molecule has 0 saturated heterocycles. The smallest absolute Gasteiger partial charge is 0.266 e. The van der Waals surface area contributed by atoms with Crippen molar-refractivity contribution in [2.24, 2.45) is 0 Å². The van der Waals surface area contributed by atoms with Gasteiger partial charge in [-0.15, -0.1) is 0 Å². The van der Waals surface area contributed by atoms with Crippen molar-refractivity contribution in [2.45, 2.75) is 25.8 Å². The molecule has 192 valence electrons. The van der Waals surface area contributed by atoms with Crippen molar-refractivity contribution in [1.29, 1.82) is 0 Å². The van der Waals surface area contributed by atoms with E-state index in [1.165, 1.54) is 0 Å². The second-order valence-corrected chi connectivity index (χ2v) is 9.52. The third kappa shape index (κ3) is 5.76. The maximum atomic E-state index is 13.9. The topological polar surface area (TPSA) is 73.7 Å². The Balaban J connectivity index is 1.91. The molecule has 1 aromatic heterocycles. The number of amides is 1. The van der Waals surface area contributed by atoms with Crippen LogP contribution < -0.4 is 10.3 Å². The molecule has 0 N–H and O–H groups in total. The molecule has 0 fully saturated rings. The highest BCUT2D eigenvalue weighted by Crippen LogP contribution is 2.29. The van der Waals surface area contributed by atoms with E-state index in [4.69, 9.17) is 14.5 Å². The summed E-state index contributed by atoms with van der Waals surface area (Å²) >= 11 is 3.47. The highest BCUT2D eigenvalue weighted by atomic mass is 79.9. The highest BCUT2D eigenvalue weighted by molar-refractivity contribution is 9.10. The molecule has 8 heteroatoms. The number of carbonyl (C=O) groups is 1. The van der Waals surface area contributed by atoms with Gasteiger partial charge >= 0.3 is 0 Å². The molecule has 37 heavy (non-hydrogen) atoms. The van der Waals surface area contributed by atoms with Gasteiger partial charge in [0.2, 0.25) is 0 Å². The Bertz CT molecular complexity index is 1440. The minimum atomic E-state index is -0.456. The highest BCUT2D eigenvalue weighted by Gasteiger charge is 2.29. The summed E-state index contributed by atoms with van der Waals surface area (Å²) in [5.74, 6) is 1.07. The lowest BCUT2D eigenvalue weighted by atomic mass is 10.1. The van der Waals surface area contributed by atoms with Gasteiger partial charge in [-0.25, -0.2) is 4.98 Å². The molecule has 0 radical (unpaired) electrons. The predicted octanol–water partition coefficient (Wildman–Crippen LogP) is 5.79. The van der Waals surface area contributed by atoms with E-state index >= 15 is 0 Å². The van der Waals surface area contributed by atoms with Crippen molar-refractivity contribution < 1.29 is 14.3 Å². The average molecular weight is 564 g/mol. The Kier molecular flexibility index (Phi) is 8.74. The van der Waals surface area contributed by atoms with Crippen LogP contribution in [0.3, 0.4) is 0 Å². The van der Waals surface area contributed by atoms with Gasteiger partial charge in [-0.3, -0.25) is 14.2 Å². The van der Waals surface area contributed by atoms with Crippen molar-refractivity contribution in [3.8, 4) is 11.4 Å². The first kappa shape index (κ1) is 26.6. The van der Waals surface area contributed by atoms with E-state index < -0.39 is 6.04 Å². The largest absolute Gasteiger partial charge is 0.497 e. The van der Waals surface area contributed by atoms with Crippen molar-refractivity contribution in [2.75, 3.05) is 27.4 Å². The van der Waals surface area contributed by atoms with Crippen LogP contribution in [-0.4, -0.2) is 47.7 Å². The summed E-state index contributed by atoms with van der Waals surface area (Å²) in [4.78, 5) is 34.5. The number of hydrogen-bond acceptors (Lipinski definition) is 5. The molecular formula is C29H30BrN3O4. The molecule has 0 bridgehead atoms. The van der Waals surface area contributed by atoms with E-state index in [2.05, 4.69) is 15.9 Å². The number of hydrogen-bond donors (Lipinski definition) is 0. The summed E-state index contributed by atoms with van der Waals surface area (Å²) in [6.07, 6.45) is 1.21. The Morgan fingerprint density at radius 3 is 2.49 bits per heavy atom. The molecule has 0 spiro atoms. The summed E-state index contributed by atoms with van der Waals surface area (Å²) in [5, 5.41) is 0.515. The molecule has 3 aromatic carbocycles. The lowest BCUT2D eigenvalue weighted by Gasteiger charge is -2.32. The molecule has 1 unspecified atom stereocenters. The lowest BCUT2D eigenvalue weighted by Crippen LogP contribution is -2.39. The molecule has 0 saturated carbocycles. The van der Waals surface area contributed by atoms with E-state index in [0.717, 1.165) is 4.47 Å². The molecule has 4 aromatic rings. The maximum Gasteiger partial charge on any atom is 0.266 e. The van der Waals surface area contributed by atoms with Crippen LogP contribution in [0.25, 0.3) is 16.6 Å². The zero-order chi connectivity index (χ0) is 26.4. The van der Waals surface area contributed by atoms with E-state index in [9.17, 15) is 9.59 Å². The Morgan fingerprint density at radius 2 is 1.81 bits per heavy atom. The second-order valence-electron chi connectivity index (χ2n) is 8.61. The zero-order valence-corrected chi connectivity index (χ0v) is 22.8. The van der Waals surface area contributed by atoms with Gasteiger partial charge < -0.3 is 14.4 Å². The molecule has 0 aliphatic rings. The fourth-order valence-electron chi connectivity index (χ4n) is 4.46. The number of benzene rings is 3. The van der Waals surface area contributed by atoms with Crippen molar-refractivity contribution in [3.05, 3.63) is 99.0 Å². The Hall–Kier alpha value is -3.49. The first-order valence-electron chi connectivity index (χ1n) is 12.2. The van der Waals surface area contributed by atoms with Gasteiger partial charge in [-0.1, -0.05) is 41.1 Å². The van der Waals surface area contributed by atoms with Crippen molar-refractivity contribution >= 4 is 32.7 Å². The first-order valence-corrected chi connectivity index (χ1v) is 13.0. The van der Waals surface area contributed by atoms with Crippen LogP contribution in [0, 0.1) is 0 Å². The number of fused-ring (bicyclic) bond motifs is 1. The molecule has 7 nitrogen and oxygen atoms in total. The van der Waals surface area contributed by atoms with Gasteiger partial charge in [0.1, 0.15) is 11.6 Å². The number of halogens is 1. The number of methoxy groups -OCH3 is 2. The lowest BCUT2D eigenvalue weighted by molar-refractivity contribution is 0.0634. The van der Waals surface area contributed by atoms with Gasteiger partial charge in [-0.05, 0) is 67.4 Å². The van der Waals surface area contributed by atoms with Crippen LogP contribution >= 0.6 is 15.9 Å². The van der Waals surface area contributed by atoms with Crippen molar-refractivity contribution in [1.82, 2.24) is 14.5 Å². The van der Waals surface area contributed by atoms with Gasteiger partial charge in [-0.2, -0.15) is 0 Å². The van der Waals surface area contributed by atoms with E-state index in [1.807, 2.05) is 67.6 Å². The predicted molar refractivity (Wildman–Crippen MR) is 149 cm³/mol. The minimum Gasteiger partial charge on any atom is -0.497 e. The number of ether oxygens (including phenoxy) is 2. The van der Waals surface area contributed by atoms with Crippen LogP contribution in [0.15, 0.2) is 82.1 Å². The molecule has 4 rings (SSSR count). The third-order valence-electron chi connectivity index (χ3n) is 6.27. The van der Waals surface area contributed by atoms with Crippen LogP contribution in [0.5, 0.6) is 5.75 Å². The number of aromatic nitrogens is 2. The number of nitrogens with zero attached hydrogens (tertiary/aromatic N) is 3. The Labute approximate surface area is 224 Å². The normalized spacial score (nSPS) is 11.9. The molecule has 0 aliphatic carbocycles. The second kappa shape index (κ2) is 12.2. The monoisotopic (exact) mass is 563 g/mol. The fraction of sp³-hybridized carbons (Fsp3) is 0.276. The van der Waals surface area contributed by atoms with Gasteiger partial charge in [0.15, 0.2) is 0 Å². The number of carbonyl (C=O) groups excluding carboxylic acids is 1. The van der Waals surface area contributed by atoms with Gasteiger partial charge in [0.05, 0.1) is 29.7 Å². The van der Waals surface area contributed by atoms with E-state index in [-0.39, 0.29) is 11.5 Å². The molecule has 1 atom stereocenters. The summed E-state index contributed by atoms with van der Waals surface area (Å²) in [6.45, 7) is 2.96. The van der Waals surface area contributed by atoms with Crippen LogP contribution in [0.1, 0.15) is 42.0 Å². The van der Waals surface area contributed by atoms with E-state index in [0.29, 0.717) is 59.7 Å². The van der Waals surface area contributed by atoms with Crippen molar-refractivity contribution in [3.63, 3.8) is 0 Å². The fourth-order valence-corrected chi connectivity index (χ4v) is 4.86.